The van der Waals surface area contributed by atoms with Gasteiger partial charge in [-0.1, -0.05) is 52.9 Å². The van der Waals surface area contributed by atoms with Crippen LogP contribution >= 0.6 is 11.3 Å². The summed E-state index contributed by atoms with van der Waals surface area (Å²) < 4.78 is 0. The lowest BCUT2D eigenvalue weighted by Crippen LogP contribution is -2.37. The van der Waals surface area contributed by atoms with Crippen LogP contribution in [0.5, 0.6) is 0 Å². The van der Waals surface area contributed by atoms with Crippen LogP contribution in [0.4, 0.5) is 0 Å². The highest BCUT2D eigenvalue weighted by Crippen LogP contribution is 2.44. The lowest BCUT2D eigenvalue weighted by molar-refractivity contribution is 0.00579. The van der Waals surface area contributed by atoms with Crippen LogP contribution in [-0.4, -0.2) is 16.6 Å². The van der Waals surface area contributed by atoms with Crippen molar-refractivity contribution in [2.45, 2.75) is 77.2 Å². The smallest absolute Gasteiger partial charge is 0.104 e. The van der Waals surface area contributed by atoms with Crippen LogP contribution in [0.2, 0.25) is 0 Å². The number of aromatic nitrogens is 1. The molecule has 1 aromatic rings. The number of rotatable bonds is 3. The van der Waals surface area contributed by atoms with Crippen molar-refractivity contribution in [3.8, 4) is 0 Å². The number of thiazole rings is 1. The Kier molecular flexibility index (Phi) is 5.44. The number of hydrogen-bond donors (Lipinski definition) is 2. The zero-order chi connectivity index (χ0) is 15.5. The third-order valence-electron chi connectivity index (χ3n) is 4.78. The van der Waals surface area contributed by atoms with Gasteiger partial charge in [-0.2, -0.15) is 0 Å². The van der Waals surface area contributed by atoms with Crippen molar-refractivity contribution in [3.63, 3.8) is 0 Å². The second-order valence-corrected chi connectivity index (χ2v) is 8.42. The second-order valence-electron chi connectivity index (χ2n) is 7.56. The van der Waals surface area contributed by atoms with Gasteiger partial charge in [0.15, 0.2) is 0 Å². The molecule has 120 valence electrons. The summed E-state index contributed by atoms with van der Waals surface area (Å²) in [6.07, 6.45) is 7.71. The molecule has 1 aliphatic rings. The molecule has 0 aromatic carbocycles. The summed E-state index contributed by atoms with van der Waals surface area (Å²) in [7, 11) is 0. The first kappa shape index (κ1) is 16.9. The predicted octanol–water partition coefficient (Wildman–Crippen LogP) is 4.16. The Labute approximate surface area is 133 Å². The van der Waals surface area contributed by atoms with Crippen molar-refractivity contribution in [2.75, 3.05) is 6.54 Å². The molecule has 1 aromatic heterocycles. The van der Waals surface area contributed by atoms with Crippen molar-refractivity contribution in [1.29, 1.82) is 0 Å². The van der Waals surface area contributed by atoms with Gasteiger partial charge in [0, 0.05) is 22.8 Å². The second kappa shape index (κ2) is 6.76. The molecule has 1 atom stereocenters. The van der Waals surface area contributed by atoms with Crippen molar-refractivity contribution < 1.29 is 5.11 Å². The molecule has 0 bridgehead atoms. The Hall–Kier alpha value is -0.450. The molecule has 2 rings (SSSR count). The maximum Gasteiger partial charge on any atom is 0.104 e. The van der Waals surface area contributed by atoms with Crippen molar-refractivity contribution in [3.05, 3.63) is 16.1 Å². The van der Waals surface area contributed by atoms with E-state index in [2.05, 4.69) is 20.8 Å². The summed E-state index contributed by atoms with van der Waals surface area (Å²) in [6, 6.07) is 0. The molecule has 0 amide bonds. The highest BCUT2D eigenvalue weighted by molar-refractivity contribution is 7.09. The first-order valence-electron chi connectivity index (χ1n) is 8.23. The fraction of sp³-hybridized carbons (Fsp3) is 0.824. The number of nitrogens with zero attached hydrogens (tertiary/aromatic N) is 1. The third kappa shape index (κ3) is 3.85. The Balaban J connectivity index is 2.22. The molecule has 1 heterocycles. The standard InChI is InChI=1S/C17H30N2OS/c1-16(2,3)15-19-13(11-21-15)14(20)17(12-18)9-7-5-4-6-8-10-17/h11,14,20H,4-10,12,18H2,1-3H3. The van der Waals surface area contributed by atoms with Crippen LogP contribution in [0, 0.1) is 5.41 Å². The van der Waals surface area contributed by atoms with Crippen LogP contribution in [0.3, 0.4) is 0 Å². The minimum Gasteiger partial charge on any atom is -0.386 e. The summed E-state index contributed by atoms with van der Waals surface area (Å²) in [5.74, 6) is 0. The number of hydrogen-bond acceptors (Lipinski definition) is 4. The number of aliphatic hydroxyl groups is 1. The van der Waals surface area contributed by atoms with Gasteiger partial charge in [-0.15, -0.1) is 11.3 Å². The molecule has 0 radical (unpaired) electrons. The van der Waals surface area contributed by atoms with Crippen molar-refractivity contribution in [2.24, 2.45) is 11.1 Å². The van der Waals surface area contributed by atoms with Crippen LogP contribution in [0.1, 0.15) is 82.5 Å². The van der Waals surface area contributed by atoms with Gasteiger partial charge in [-0.25, -0.2) is 4.98 Å². The molecule has 1 unspecified atom stereocenters. The van der Waals surface area contributed by atoms with E-state index in [9.17, 15) is 5.11 Å². The Morgan fingerprint density at radius 1 is 1.24 bits per heavy atom. The zero-order valence-electron chi connectivity index (χ0n) is 13.7. The lowest BCUT2D eigenvalue weighted by Gasteiger charge is -2.38. The third-order valence-corrected chi connectivity index (χ3v) is 6.07. The molecule has 1 saturated carbocycles. The van der Waals surface area contributed by atoms with Crippen molar-refractivity contribution in [1.82, 2.24) is 4.98 Å². The SMILES string of the molecule is CC(C)(C)c1nc(C(O)C2(CN)CCCCCCC2)cs1. The summed E-state index contributed by atoms with van der Waals surface area (Å²) in [6.45, 7) is 7.04. The minimum atomic E-state index is -0.520. The van der Waals surface area contributed by atoms with Gasteiger partial charge in [0.2, 0.25) is 0 Å². The monoisotopic (exact) mass is 310 g/mol. The summed E-state index contributed by atoms with van der Waals surface area (Å²) in [4.78, 5) is 4.72. The van der Waals surface area contributed by atoms with E-state index in [1.165, 1.54) is 32.1 Å². The summed E-state index contributed by atoms with van der Waals surface area (Å²) in [5, 5.41) is 14.1. The summed E-state index contributed by atoms with van der Waals surface area (Å²) in [5.41, 5.74) is 6.80. The fourth-order valence-electron chi connectivity index (χ4n) is 3.27. The van der Waals surface area contributed by atoms with E-state index in [1.807, 2.05) is 5.38 Å². The Morgan fingerprint density at radius 3 is 2.29 bits per heavy atom. The highest BCUT2D eigenvalue weighted by atomic mass is 32.1. The highest BCUT2D eigenvalue weighted by Gasteiger charge is 2.38. The molecule has 3 nitrogen and oxygen atoms in total. The largest absolute Gasteiger partial charge is 0.386 e. The van der Waals surface area contributed by atoms with Gasteiger partial charge in [0.05, 0.1) is 10.7 Å². The summed E-state index contributed by atoms with van der Waals surface area (Å²) >= 11 is 1.66. The van der Waals surface area contributed by atoms with E-state index in [-0.39, 0.29) is 10.8 Å². The number of aliphatic hydroxyl groups excluding tert-OH is 1. The average molecular weight is 311 g/mol. The van der Waals surface area contributed by atoms with Crippen LogP contribution in [0.15, 0.2) is 5.38 Å². The first-order chi connectivity index (χ1) is 9.89. The molecular formula is C17H30N2OS. The lowest BCUT2D eigenvalue weighted by atomic mass is 9.71. The zero-order valence-corrected chi connectivity index (χ0v) is 14.5. The maximum atomic E-state index is 11.0. The maximum absolute atomic E-state index is 11.0. The van der Waals surface area contributed by atoms with E-state index in [0.29, 0.717) is 6.54 Å². The van der Waals surface area contributed by atoms with Gasteiger partial charge in [0.25, 0.3) is 0 Å². The van der Waals surface area contributed by atoms with Crippen LogP contribution in [0.25, 0.3) is 0 Å². The van der Waals surface area contributed by atoms with Gasteiger partial charge in [0.1, 0.15) is 6.10 Å². The fourth-order valence-corrected chi connectivity index (χ4v) is 4.19. The first-order valence-corrected chi connectivity index (χ1v) is 9.11. The van der Waals surface area contributed by atoms with Crippen LogP contribution in [-0.2, 0) is 5.41 Å². The van der Waals surface area contributed by atoms with Gasteiger partial charge >= 0.3 is 0 Å². The van der Waals surface area contributed by atoms with Gasteiger partial charge in [-0.3, -0.25) is 0 Å². The van der Waals surface area contributed by atoms with Gasteiger partial charge < -0.3 is 10.8 Å². The van der Waals surface area contributed by atoms with Gasteiger partial charge in [-0.05, 0) is 12.8 Å². The number of nitrogens with two attached hydrogens (primary N) is 1. The predicted molar refractivity (Wildman–Crippen MR) is 89.6 cm³/mol. The molecule has 4 heteroatoms. The van der Waals surface area contributed by atoms with Crippen molar-refractivity contribution >= 4 is 11.3 Å². The minimum absolute atomic E-state index is 0.0411. The molecule has 21 heavy (non-hydrogen) atoms. The molecule has 1 fully saturated rings. The Morgan fingerprint density at radius 2 is 1.81 bits per heavy atom. The van der Waals surface area contributed by atoms with Crippen LogP contribution < -0.4 is 5.73 Å². The topological polar surface area (TPSA) is 59.1 Å². The van der Waals surface area contributed by atoms with E-state index in [1.54, 1.807) is 11.3 Å². The molecular weight excluding hydrogens is 280 g/mol. The average Bonchev–Trinajstić information content (AvgIpc) is 2.88. The van der Waals surface area contributed by atoms with E-state index in [0.717, 1.165) is 23.5 Å². The molecule has 0 saturated heterocycles. The normalized spacial score (nSPS) is 21.6. The molecule has 3 N–H and O–H groups in total. The molecule has 0 aliphatic heterocycles. The molecule has 0 spiro atoms. The van der Waals surface area contributed by atoms with E-state index in [4.69, 9.17) is 10.7 Å². The van der Waals surface area contributed by atoms with E-state index >= 15 is 0 Å². The molecule has 1 aliphatic carbocycles. The van der Waals surface area contributed by atoms with E-state index < -0.39 is 6.10 Å². The Bertz CT molecular complexity index is 442. The quantitative estimate of drug-likeness (QED) is 0.881.